The van der Waals surface area contributed by atoms with Crippen molar-refractivity contribution in [2.75, 3.05) is 0 Å². The summed E-state index contributed by atoms with van der Waals surface area (Å²) in [5.41, 5.74) is 0.733. The second kappa shape index (κ2) is 5.99. The molecule has 100 valence electrons. The zero-order chi connectivity index (χ0) is 13.8. The van der Waals surface area contributed by atoms with E-state index in [0.29, 0.717) is 16.3 Å². The molecule has 5 heteroatoms. The van der Waals surface area contributed by atoms with Crippen molar-refractivity contribution in [2.45, 2.75) is 13.3 Å². The van der Waals surface area contributed by atoms with Crippen molar-refractivity contribution >= 4 is 11.6 Å². The Morgan fingerprint density at radius 1 is 1.16 bits per heavy atom. The summed E-state index contributed by atoms with van der Waals surface area (Å²) in [6.07, 6.45) is 0. The van der Waals surface area contributed by atoms with Crippen LogP contribution in [0.5, 0.6) is 11.5 Å². The fourth-order valence-corrected chi connectivity index (χ4v) is 1.74. The lowest BCUT2D eigenvalue weighted by atomic mass is 10.2. The molecular weight excluding hydrogens is 274 g/mol. The first kappa shape index (κ1) is 13.8. The second-order valence-corrected chi connectivity index (χ2v) is 4.32. The molecule has 0 aliphatic heterocycles. The van der Waals surface area contributed by atoms with Gasteiger partial charge in [-0.15, -0.1) is 0 Å². The normalized spacial score (nSPS) is 10.5. The molecule has 0 fully saturated rings. The molecule has 2 aromatic carbocycles. The van der Waals surface area contributed by atoms with Crippen LogP contribution in [0.2, 0.25) is 5.02 Å². The van der Waals surface area contributed by atoms with Crippen molar-refractivity contribution in [3.8, 4) is 11.5 Å². The third kappa shape index (κ3) is 3.22. The fraction of sp³-hybridized carbons (Fsp3) is 0.143. The van der Waals surface area contributed by atoms with Crippen molar-refractivity contribution in [1.82, 2.24) is 0 Å². The minimum absolute atomic E-state index is 0.00401. The first-order valence-corrected chi connectivity index (χ1v) is 5.93. The topological polar surface area (TPSA) is 29.5 Å². The molecular formula is C14H11ClF2O2. The number of alkyl halides is 1. The van der Waals surface area contributed by atoms with E-state index < -0.39 is 12.5 Å². The van der Waals surface area contributed by atoms with Gasteiger partial charge >= 0.3 is 0 Å². The number of halogens is 3. The highest BCUT2D eigenvalue weighted by Gasteiger charge is 2.08. The highest BCUT2D eigenvalue weighted by atomic mass is 35.5. The largest absolute Gasteiger partial charge is 0.454 e. The van der Waals surface area contributed by atoms with Crippen molar-refractivity contribution in [3.05, 3.63) is 58.4 Å². The third-order valence-corrected chi connectivity index (χ3v) is 2.94. The van der Waals surface area contributed by atoms with Crippen molar-refractivity contribution in [1.29, 1.82) is 0 Å². The molecule has 0 heterocycles. The monoisotopic (exact) mass is 284 g/mol. The molecule has 0 spiro atoms. The Morgan fingerprint density at radius 2 is 1.95 bits per heavy atom. The predicted octanol–water partition coefficient (Wildman–Crippen LogP) is 4.23. The number of aliphatic hydroxyl groups is 1. The summed E-state index contributed by atoms with van der Waals surface area (Å²) >= 11 is 5.77. The number of ether oxygens (including phenoxy) is 1. The van der Waals surface area contributed by atoms with Gasteiger partial charge in [0, 0.05) is 10.6 Å². The average molecular weight is 285 g/mol. The summed E-state index contributed by atoms with van der Waals surface area (Å²) in [5.74, 6) is -0.291. The maximum atomic E-state index is 13.6. The van der Waals surface area contributed by atoms with Gasteiger partial charge in [-0.3, -0.25) is 0 Å². The van der Waals surface area contributed by atoms with Crippen LogP contribution in [0.3, 0.4) is 0 Å². The first-order valence-electron chi connectivity index (χ1n) is 5.55. The standard InChI is InChI=1S/C14H11ClF2O2/c15-12-3-2-11(6-10(12)7-16)19-14-4-1-9(8-18)5-13(14)17/h1-6,18H,7-8H2. The van der Waals surface area contributed by atoms with E-state index in [9.17, 15) is 8.78 Å². The molecule has 0 radical (unpaired) electrons. The van der Waals surface area contributed by atoms with Crippen LogP contribution in [0, 0.1) is 5.82 Å². The minimum Gasteiger partial charge on any atom is -0.454 e. The molecule has 0 aromatic heterocycles. The van der Waals surface area contributed by atoms with E-state index >= 15 is 0 Å². The molecule has 0 saturated heterocycles. The quantitative estimate of drug-likeness (QED) is 0.910. The van der Waals surface area contributed by atoms with Crippen LogP contribution in [0.1, 0.15) is 11.1 Å². The van der Waals surface area contributed by atoms with Gasteiger partial charge in [0.1, 0.15) is 12.4 Å². The van der Waals surface area contributed by atoms with E-state index in [1.54, 1.807) is 6.07 Å². The van der Waals surface area contributed by atoms with Gasteiger partial charge in [0.05, 0.1) is 6.61 Å². The molecule has 0 aliphatic rings. The first-order chi connectivity index (χ1) is 9.13. The number of benzene rings is 2. The molecule has 1 N–H and O–H groups in total. The highest BCUT2D eigenvalue weighted by molar-refractivity contribution is 6.31. The van der Waals surface area contributed by atoms with Crippen LogP contribution in [0.25, 0.3) is 0 Å². The van der Waals surface area contributed by atoms with E-state index in [-0.39, 0.29) is 17.9 Å². The van der Waals surface area contributed by atoms with Gasteiger partial charge in [0.15, 0.2) is 11.6 Å². The number of hydrogen-bond donors (Lipinski definition) is 1. The number of hydrogen-bond acceptors (Lipinski definition) is 2. The van der Waals surface area contributed by atoms with Gasteiger partial charge in [0.25, 0.3) is 0 Å². The van der Waals surface area contributed by atoms with Crippen LogP contribution in [0.4, 0.5) is 8.78 Å². The van der Waals surface area contributed by atoms with Crippen molar-refractivity contribution < 1.29 is 18.6 Å². The van der Waals surface area contributed by atoms with E-state index in [2.05, 4.69) is 0 Å². The number of aliphatic hydroxyl groups excluding tert-OH is 1. The van der Waals surface area contributed by atoms with Gasteiger partial charge in [-0.25, -0.2) is 8.78 Å². The summed E-state index contributed by atoms with van der Waals surface area (Å²) in [6, 6.07) is 8.57. The maximum Gasteiger partial charge on any atom is 0.166 e. The molecule has 0 bridgehead atoms. The summed E-state index contributed by atoms with van der Waals surface area (Å²) in [4.78, 5) is 0. The molecule has 2 rings (SSSR count). The fourth-order valence-electron chi connectivity index (χ4n) is 1.57. The van der Waals surface area contributed by atoms with Crippen LogP contribution in [0.15, 0.2) is 36.4 Å². The predicted molar refractivity (Wildman–Crippen MR) is 68.7 cm³/mol. The van der Waals surface area contributed by atoms with Gasteiger partial charge in [0.2, 0.25) is 0 Å². The molecule has 2 aromatic rings. The zero-order valence-electron chi connectivity index (χ0n) is 9.87. The minimum atomic E-state index is -0.720. The van der Waals surface area contributed by atoms with E-state index in [1.165, 1.54) is 30.3 Å². The zero-order valence-corrected chi connectivity index (χ0v) is 10.6. The average Bonchev–Trinajstić information content (AvgIpc) is 2.43. The SMILES string of the molecule is OCc1ccc(Oc2ccc(Cl)c(CF)c2)c(F)c1. The van der Waals surface area contributed by atoms with Gasteiger partial charge in [-0.05, 0) is 35.9 Å². The molecule has 0 unspecified atom stereocenters. The summed E-state index contributed by atoms with van der Waals surface area (Å²) < 4.78 is 31.6. The second-order valence-electron chi connectivity index (χ2n) is 3.91. The molecule has 2 nitrogen and oxygen atoms in total. The van der Waals surface area contributed by atoms with E-state index in [0.717, 1.165) is 0 Å². The van der Waals surface area contributed by atoms with Gasteiger partial charge in [-0.1, -0.05) is 17.7 Å². The molecule has 0 amide bonds. The van der Waals surface area contributed by atoms with E-state index in [1.807, 2.05) is 0 Å². The molecule has 0 saturated carbocycles. The smallest absolute Gasteiger partial charge is 0.166 e. The Balaban J connectivity index is 2.26. The maximum absolute atomic E-state index is 13.6. The Labute approximate surface area is 114 Å². The molecule has 19 heavy (non-hydrogen) atoms. The number of rotatable bonds is 4. The van der Waals surface area contributed by atoms with Crippen molar-refractivity contribution in [2.24, 2.45) is 0 Å². The Morgan fingerprint density at radius 3 is 2.58 bits per heavy atom. The summed E-state index contributed by atoms with van der Waals surface area (Å²) in [6.45, 7) is -0.966. The van der Waals surface area contributed by atoms with Crippen LogP contribution >= 0.6 is 11.6 Å². The summed E-state index contributed by atoms with van der Waals surface area (Å²) in [7, 11) is 0. The van der Waals surface area contributed by atoms with Crippen LogP contribution < -0.4 is 4.74 Å². The Kier molecular flexibility index (Phi) is 4.35. The lowest BCUT2D eigenvalue weighted by molar-refractivity contribution is 0.281. The molecule has 0 atom stereocenters. The molecule has 0 aliphatic carbocycles. The van der Waals surface area contributed by atoms with Crippen LogP contribution in [-0.2, 0) is 13.3 Å². The third-order valence-electron chi connectivity index (χ3n) is 2.57. The highest BCUT2D eigenvalue weighted by Crippen LogP contribution is 2.28. The lowest BCUT2D eigenvalue weighted by Gasteiger charge is -2.09. The van der Waals surface area contributed by atoms with E-state index in [4.69, 9.17) is 21.4 Å². The van der Waals surface area contributed by atoms with Gasteiger partial charge < -0.3 is 9.84 Å². The lowest BCUT2D eigenvalue weighted by Crippen LogP contribution is -1.92. The van der Waals surface area contributed by atoms with Gasteiger partial charge in [-0.2, -0.15) is 0 Å². The van der Waals surface area contributed by atoms with Crippen molar-refractivity contribution in [3.63, 3.8) is 0 Å². The Bertz CT molecular complexity index is 588. The summed E-state index contributed by atoms with van der Waals surface area (Å²) in [5, 5.41) is 9.17. The van der Waals surface area contributed by atoms with Crippen LogP contribution in [-0.4, -0.2) is 5.11 Å². The Hall–Kier alpha value is -1.65.